The molecule has 19 heavy (non-hydrogen) atoms. The molecule has 2 aromatic heterocycles. The number of fused-ring (bicyclic) bond motifs is 1. The summed E-state index contributed by atoms with van der Waals surface area (Å²) in [5.41, 5.74) is 3.03. The Balaban J connectivity index is 2.42. The Labute approximate surface area is 109 Å². The van der Waals surface area contributed by atoms with Crippen molar-refractivity contribution in [2.75, 3.05) is 0 Å². The Morgan fingerprint density at radius 3 is 2.79 bits per heavy atom. The maximum absolute atomic E-state index is 13.9. The number of aromatic amines is 1. The zero-order valence-electron chi connectivity index (χ0n) is 10.3. The standard InChI is InChI=1S/C15H11FN2O/c1-9-5-6-11(16)13-10(8-19)15(18-14(9)13)12-4-2-3-7-17-12/h2-8,18H,1H3. The van der Waals surface area contributed by atoms with E-state index in [4.69, 9.17) is 0 Å². The molecule has 0 saturated carbocycles. The molecule has 4 heteroatoms. The molecule has 0 saturated heterocycles. The second-order valence-electron chi connectivity index (χ2n) is 4.36. The lowest BCUT2D eigenvalue weighted by molar-refractivity contribution is 0.112. The summed E-state index contributed by atoms with van der Waals surface area (Å²) in [5, 5.41) is 0.329. The molecule has 0 bridgehead atoms. The third-order valence-corrected chi connectivity index (χ3v) is 3.19. The number of nitrogens with one attached hydrogen (secondary N) is 1. The average molecular weight is 254 g/mol. The molecule has 0 spiro atoms. The van der Waals surface area contributed by atoms with Crippen LogP contribution in [-0.2, 0) is 0 Å². The van der Waals surface area contributed by atoms with Gasteiger partial charge in [0.05, 0.1) is 22.5 Å². The van der Waals surface area contributed by atoms with Gasteiger partial charge in [-0.3, -0.25) is 9.78 Å². The van der Waals surface area contributed by atoms with E-state index in [0.29, 0.717) is 34.1 Å². The van der Waals surface area contributed by atoms with Crippen LogP contribution in [0.3, 0.4) is 0 Å². The van der Waals surface area contributed by atoms with E-state index >= 15 is 0 Å². The van der Waals surface area contributed by atoms with Crippen molar-refractivity contribution in [3.05, 3.63) is 53.5 Å². The van der Waals surface area contributed by atoms with E-state index < -0.39 is 5.82 Å². The molecule has 0 radical (unpaired) electrons. The van der Waals surface area contributed by atoms with Crippen molar-refractivity contribution >= 4 is 17.2 Å². The van der Waals surface area contributed by atoms with Gasteiger partial charge in [0.25, 0.3) is 0 Å². The third-order valence-electron chi connectivity index (χ3n) is 3.19. The normalized spacial score (nSPS) is 10.8. The van der Waals surface area contributed by atoms with Crippen molar-refractivity contribution < 1.29 is 9.18 Å². The Kier molecular flexibility index (Phi) is 2.63. The van der Waals surface area contributed by atoms with Crippen LogP contribution in [0.5, 0.6) is 0 Å². The van der Waals surface area contributed by atoms with Crippen LogP contribution in [0.2, 0.25) is 0 Å². The van der Waals surface area contributed by atoms with Crippen LogP contribution >= 0.6 is 0 Å². The number of aryl methyl sites for hydroxylation is 1. The molecule has 0 fully saturated rings. The molecule has 0 amide bonds. The van der Waals surface area contributed by atoms with E-state index in [0.717, 1.165) is 5.56 Å². The molecule has 0 atom stereocenters. The topological polar surface area (TPSA) is 45.8 Å². The van der Waals surface area contributed by atoms with Crippen molar-refractivity contribution in [1.29, 1.82) is 0 Å². The zero-order valence-corrected chi connectivity index (χ0v) is 10.3. The number of halogens is 1. The van der Waals surface area contributed by atoms with Crippen molar-refractivity contribution in [1.82, 2.24) is 9.97 Å². The quantitative estimate of drug-likeness (QED) is 0.711. The molecule has 0 aliphatic carbocycles. The Morgan fingerprint density at radius 1 is 1.26 bits per heavy atom. The number of benzene rings is 1. The van der Waals surface area contributed by atoms with Crippen LogP contribution in [0.1, 0.15) is 15.9 Å². The highest BCUT2D eigenvalue weighted by Crippen LogP contribution is 2.31. The van der Waals surface area contributed by atoms with Crippen molar-refractivity contribution in [3.8, 4) is 11.4 Å². The molecular weight excluding hydrogens is 243 g/mol. The minimum atomic E-state index is -0.402. The van der Waals surface area contributed by atoms with E-state index in [1.807, 2.05) is 13.0 Å². The molecule has 94 valence electrons. The molecule has 1 aromatic carbocycles. The number of aldehydes is 1. The summed E-state index contributed by atoms with van der Waals surface area (Å²) < 4.78 is 13.9. The van der Waals surface area contributed by atoms with Crippen LogP contribution < -0.4 is 0 Å². The van der Waals surface area contributed by atoms with Crippen LogP contribution in [0.4, 0.5) is 4.39 Å². The first kappa shape index (κ1) is 11.6. The first-order valence-electron chi connectivity index (χ1n) is 5.89. The van der Waals surface area contributed by atoms with Gasteiger partial charge in [0.1, 0.15) is 5.82 Å². The molecular formula is C15H11FN2O. The Bertz CT molecular complexity index is 763. The van der Waals surface area contributed by atoms with Gasteiger partial charge in [-0.05, 0) is 30.7 Å². The maximum atomic E-state index is 13.9. The molecule has 0 aliphatic rings. The lowest BCUT2D eigenvalue weighted by Crippen LogP contribution is -1.88. The van der Waals surface area contributed by atoms with Crippen molar-refractivity contribution in [2.24, 2.45) is 0 Å². The number of H-pyrrole nitrogens is 1. The van der Waals surface area contributed by atoms with E-state index in [1.165, 1.54) is 6.07 Å². The predicted molar refractivity (Wildman–Crippen MR) is 71.6 cm³/mol. The lowest BCUT2D eigenvalue weighted by atomic mass is 10.1. The Hall–Kier alpha value is -2.49. The van der Waals surface area contributed by atoms with Crippen LogP contribution in [0, 0.1) is 12.7 Å². The molecule has 3 rings (SSSR count). The van der Waals surface area contributed by atoms with E-state index in [9.17, 15) is 9.18 Å². The molecule has 0 aliphatic heterocycles. The van der Waals surface area contributed by atoms with Gasteiger partial charge >= 0.3 is 0 Å². The predicted octanol–water partition coefficient (Wildman–Crippen LogP) is 3.49. The van der Waals surface area contributed by atoms with Gasteiger partial charge in [-0.15, -0.1) is 0 Å². The molecule has 2 heterocycles. The fraction of sp³-hybridized carbons (Fsp3) is 0.0667. The summed E-state index contributed by atoms with van der Waals surface area (Å²) in [5.74, 6) is -0.402. The number of aromatic nitrogens is 2. The van der Waals surface area contributed by atoms with E-state index in [2.05, 4.69) is 9.97 Å². The zero-order chi connectivity index (χ0) is 13.4. The summed E-state index contributed by atoms with van der Waals surface area (Å²) >= 11 is 0. The number of carbonyl (C=O) groups is 1. The monoisotopic (exact) mass is 254 g/mol. The van der Waals surface area contributed by atoms with Gasteiger partial charge in [-0.1, -0.05) is 12.1 Å². The summed E-state index contributed by atoms with van der Waals surface area (Å²) in [6.45, 7) is 1.87. The van der Waals surface area contributed by atoms with E-state index in [-0.39, 0.29) is 0 Å². The highest BCUT2D eigenvalue weighted by molar-refractivity contribution is 6.05. The van der Waals surface area contributed by atoms with Crippen molar-refractivity contribution in [2.45, 2.75) is 6.92 Å². The minimum absolute atomic E-state index is 0.315. The summed E-state index contributed by atoms with van der Waals surface area (Å²) in [6, 6.07) is 8.46. The van der Waals surface area contributed by atoms with Crippen LogP contribution in [0.25, 0.3) is 22.3 Å². The first-order valence-corrected chi connectivity index (χ1v) is 5.89. The van der Waals surface area contributed by atoms with Gasteiger partial charge in [-0.25, -0.2) is 4.39 Å². The molecule has 3 nitrogen and oxygen atoms in total. The summed E-state index contributed by atoms with van der Waals surface area (Å²) in [6.07, 6.45) is 2.31. The number of pyridine rings is 1. The minimum Gasteiger partial charge on any atom is -0.352 e. The fourth-order valence-electron chi connectivity index (χ4n) is 2.25. The smallest absolute Gasteiger partial charge is 0.153 e. The number of hydrogen-bond donors (Lipinski definition) is 1. The first-order chi connectivity index (χ1) is 9.22. The van der Waals surface area contributed by atoms with Gasteiger partial charge in [0.15, 0.2) is 6.29 Å². The Morgan fingerprint density at radius 2 is 2.11 bits per heavy atom. The second-order valence-corrected chi connectivity index (χ2v) is 4.36. The SMILES string of the molecule is Cc1ccc(F)c2c(C=O)c(-c3ccccn3)[nH]c12. The third kappa shape index (κ3) is 1.73. The second kappa shape index (κ2) is 4.31. The maximum Gasteiger partial charge on any atom is 0.153 e. The lowest BCUT2D eigenvalue weighted by Gasteiger charge is -1.97. The van der Waals surface area contributed by atoms with Crippen LogP contribution in [0.15, 0.2) is 36.5 Å². The highest BCUT2D eigenvalue weighted by Gasteiger charge is 2.17. The summed E-state index contributed by atoms with van der Waals surface area (Å²) in [7, 11) is 0. The average Bonchev–Trinajstić information content (AvgIpc) is 2.84. The van der Waals surface area contributed by atoms with Gasteiger partial charge < -0.3 is 4.98 Å². The molecule has 3 aromatic rings. The van der Waals surface area contributed by atoms with E-state index in [1.54, 1.807) is 24.4 Å². The van der Waals surface area contributed by atoms with Crippen molar-refractivity contribution in [3.63, 3.8) is 0 Å². The van der Waals surface area contributed by atoms with Gasteiger partial charge in [-0.2, -0.15) is 0 Å². The fourth-order valence-corrected chi connectivity index (χ4v) is 2.25. The number of carbonyl (C=O) groups excluding carboxylic acids is 1. The molecule has 1 N–H and O–H groups in total. The highest BCUT2D eigenvalue weighted by atomic mass is 19.1. The largest absolute Gasteiger partial charge is 0.352 e. The van der Waals surface area contributed by atoms with Gasteiger partial charge in [0.2, 0.25) is 0 Å². The van der Waals surface area contributed by atoms with Crippen LogP contribution in [-0.4, -0.2) is 16.3 Å². The number of rotatable bonds is 2. The van der Waals surface area contributed by atoms with Gasteiger partial charge in [0, 0.05) is 11.6 Å². The summed E-state index contributed by atoms with van der Waals surface area (Å²) in [4.78, 5) is 18.6. The molecule has 0 unspecified atom stereocenters. The number of nitrogens with zero attached hydrogens (tertiary/aromatic N) is 1. The number of hydrogen-bond acceptors (Lipinski definition) is 2.